The van der Waals surface area contributed by atoms with Crippen LogP contribution in [-0.4, -0.2) is 27.7 Å². The van der Waals surface area contributed by atoms with Crippen molar-refractivity contribution in [2.75, 3.05) is 6.61 Å². The van der Waals surface area contributed by atoms with Gasteiger partial charge in [0, 0.05) is 0 Å². The molecule has 0 aliphatic carbocycles. The molecule has 0 fully saturated rings. The predicted molar refractivity (Wildman–Crippen MR) is 52.5 cm³/mol. The van der Waals surface area contributed by atoms with Gasteiger partial charge in [-0.05, 0) is 6.92 Å². The lowest BCUT2D eigenvalue weighted by atomic mass is 10.4. The van der Waals surface area contributed by atoms with E-state index in [0.29, 0.717) is 0 Å². The Morgan fingerprint density at radius 2 is 2.33 bits per heavy atom. The standard InChI is InChI=1S/C6H7N3O4.C2H4/c1-2-13-6(10)5-4(9(11)12)3-7-8-5;1-2/h3H,2H2,1H3,(H,7,8);1-2H2. The molecule has 0 unspecified atom stereocenters. The second-order valence-corrected chi connectivity index (χ2v) is 2.11. The molecule has 1 rings (SSSR count). The second kappa shape index (κ2) is 6.30. The third-order valence-corrected chi connectivity index (χ3v) is 1.30. The van der Waals surface area contributed by atoms with Crippen LogP contribution in [0.25, 0.3) is 0 Å². The van der Waals surface area contributed by atoms with Gasteiger partial charge in [0.15, 0.2) is 0 Å². The van der Waals surface area contributed by atoms with E-state index in [1.807, 2.05) is 0 Å². The van der Waals surface area contributed by atoms with E-state index in [-0.39, 0.29) is 18.0 Å². The quantitative estimate of drug-likeness (QED) is 0.353. The van der Waals surface area contributed by atoms with Gasteiger partial charge >= 0.3 is 11.7 Å². The minimum Gasteiger partial charge on any atom is -0.461 e. The van der Waals surface area contributed by atoms with Crippen LogP contribution in [0.2, 0.25) is 0 Å². The largest absolute Gasteiger partial charge is 0.461 e. The van der Waals surface area contributed by atoms with Crippen LogP contribution < -0.4 is 0 Å². The van der Waals surface area contributed by atoms with Crippen molar-refractivity contribution in [2.24, 2.45) is 0 Å². The number of aromatic amines is 1. The normalized spacial score (nSPS) is 8.60. The molecule has 0 spiro atoms. The number of carbonyl (C=O) groups excluding carboxylic acids is 1. The topological polar surface area (TPSA) is 98.1 Å². The highest BCUT2D eigenvalue weighted by Gasteiger charge is 2.23. The highest BCUT2D eigenvalue weighted by molar-refractivity contribution is 5.91. The maximum Gasteiger partial charge on any atom is 0.363 e. The predicted octanol–water partition coefficient (Wildman–Crippen LogP) is 1.30. The Labute approximate surface area is 85.9 Å². The molecule has 0 aromatic carbocycles. The minimum absolute atomic E-state index is 0.162. The molecule has 0 bridgehead atoms. The SMILES string of the molecule is C=C.CCOC(=O)c1[nH]ncc1[N+](=O)[O-]. The molecule has 0 saturated carbocycles. The van der Waals surface area contributed by atoms with E-state index in [0.717, 1.165) is 6.20 Å². The van der Waals surface area contributed by atoms with E-state index in [2.05, 4.69) is 28.1 Å². The number of aromatic nitrogens is 2. The van der Waals surface area contributed by atoms with E-state index in [1.165, 1.54) is 0 Å². The maximum absolute atomic E-state index is 11.0. The molecule has 82 valence electrons. The van der Waals surface area contributed by atoms with Crippen molar-refractivity contribution < 1.29 is 14.5 Å². The second-order valence-electron chi connectivity index (χ2n) is 2.11. The Bertz CT molecular complexity index is 347. The number of hydrogen-bond donors (Lipinski definition) is 1. The number of nitro groups is 1. The first-order valence-corrected chi connectivity index (χ1v) is 4.01. The number of carbonyl (C=O) groups is 1. The molecule has 1 N–H and O–H groups in total. The fourth-order valence-corrected chi connectivity index (χ4v) is 0.772. The van der Waals surface area contributed by atoms with Crippen LogP contribution in [0.15, 0.2) is 19.4 Å². The zero-order chi connectivity index (χ0) is 11.8. The fraction of sp³-hybridized carbons (Fsp3) is 0.250. The zero-order valence-corrected chi connectivity index (χ0v) is 8.23. The molecule has 0 aliphatic heterocycles. The summed E-state index contributed by atoms with van der Waals surface area (Å²) in [7, 11) is 0. The monoisotopic (exact) mass is 213 g/mol. The fourth-order valence-electron chi connectivity index (χ4n) is 0.772. The lowest BCUT2D eigenvalue weighted by Crippen LogP contribution is -2.07. The van der Waals surface area contributed by atoms with Gasteiger partial charge in [0.1, 0.15) is 6.20 Å². The van der Waals surface area contributed by atoms with Crippen LogP contribution in [0.1, 0.15) is 17.4 Å². The van der Waals surface area contributed by atoms with E-state index >= 15 is 0 Å². The van der Waals surface area contributed by atoms with Crippen molar-refractivity contribution in [2.45, 2.75) is 6.92 Å². The number of nitrogens with one attached hydrogen (secondary N) is 1. The van der Waals surface area contributed by atoms with Gasteiger partial charge in [-0.25, -0.2) is 4.79 Å². The van der Waals surface area contributed by atoms with Gasteiger partial charge in [0.2, 0.25) is 5.69 Å². The number of rotatable bonds is 3. The molecule has 0 saturated heterocycles. The Balaban J connectivity index is 0.000000921. The average molecular weight is 213 g/mol. The molecule has 0 atom stereocenters. The summed E-state index contributed by atoms with van der Waals surface area (Å²) in [6.45, 7) is 7.77. The van der Waals surface area contributed by atoms with Crippen molar-refractivity contribution in [1.82, 2.24) is 10.2 Å². The smallest absolute Gasteiger partial charge is 0.363 e. The highest BCUT2D eigenvalue weighted by atomic mass is 16.6. The van der Waals surface area contributed by atoms with Gasteiger partial charge in [-0.2, -0.15) is 5.10 Å². The van der Waals surface area contributed by atoms with Crippen molar-refractivity contribution in [3.05, 3.63) is 35.2 Å². The first-order valence-electron chi connectivity index (χ1n) is 4.01. The zero-order valence-electron chi connectivity index (χ0n) is 8.23. The first kappa shape index (κ1) is 12.8. The summed E-state index contributed by atoms with van der Waals surface area (Å²) >= 11 is 0. The number of hydrogen-bond acceptors (Lipinski definition) is 5. The van der Waals surface area contributed by atoms with Gasteiger partial charge < -0.3 is 4.74 Å². The van der Waals surface area contributed by atoms with Gasteiger partial charge in [-0.1, -0.05) is 0 Å². The molecule has 7 heteroatoms. The van der Waals surface area contributed by atoms with Gasteiger partial charge in [-0.3, -0.25) is 15.2 Å². The van der Waals surface area contributed by atoms with Crippen LogP contribution >= 0.6 is 0 Å². The summed E-state index contributed by atoms with van der Waals surface area (Å²) in [6, 6.07) is 0. The Morgan fingerprint density at radius 3 is 2.80 bits per heavy atom. The molecule has 15 heavy (non-hydrogen) atoms. The van der Waals surface area contributed by atoms with Crippen molar-refractivity contribution >= 4 is 11.7 Å². The Morgan fingerprint density at radius 1 is 1.73 bits per heavy atom. The summed E-state index contributed by atoms with van der Waals surface area (Å²) < 4.78 is 4.56. The third kappa shape index (κ3) is 3.22. The summed E-state index contributed by atoms with van der Waals surface area (Å²) in [5.74, 6) is -0.772. The number of H-pyrrole nitrogens is 1. The molecule has 1 aromatic rings. The summed E-state index contributed by atoms with van der Waals surface area (Å²) in [6.07, 6.45) is 0.965. The molecule has 0 amide bonds. The lowest BCUT2D eigenvalue weighted by molar-refractivity contribution is -0.385. The first-order chi connectivity index (χ1) is 7.16. The van der Waals surface area contributed by atoms with Crippen molar-refractivity contribution in [1.29, 1.82) is 0 Å². The number of ether oxygens (including phenoxy) is 1. The number of esters is 1. The molecule has 0 aliphatic rings. The van der Waals surface area contributed by atoms with Crippen LogP contribution in [-0.2, 0) is 4.74 Å². The van der Waals surface area contributed by atoms with Crippen LogP contribution in [0.5, 0.6) is 0 Å². The molecular formula is C8H11N3O4. The average Bonchev–Trinajstić information content (AvgIpc) is 2.69. The van der Waals surface area contributed by atoms with E-state index < -0.39 is 10.9 Å². The number of nitrogens with zero attached hydrogens (tertiary/aromatic N) is 2. The van der Waals surface area contributed by atoms with E-state index in [4.69, 9.17) is 0 Å². The summed E-state index contributed by atoms with van der Waals surface area (Å²) in [5, 5.41) is 15.9. The third-order valence-electron chi connectivity index (χ3n) is 1.30. The van der Waals surface area contributed by atoms with E-state index in [9.17, 15) is 14.9 Å². The molecule has 0 radical (unpaired) electrons. The van der Waals surface area contributed by atoms with Crippen LogP contribution in [0, 0.1) is 10.1 Å². The molecular weight excluding hydrogens is 202 g/mol. The summed E-state index contributed by atoms with van der Waals surface area (Å²) in [5.41, 5.74) is -0.606. The molecule has 1 aromatic heterocycles. The molecule has 7 nitrogen and oxygen atoms in total. The van der Waals surface area contributed by atoms with Crippen molar-refractivity contribution in [3.63, 3.8) is 0 Å². The van der Waals surface area contributed by atoms with Gasteiger partial charge in [0.05, 0.1) is 11.5 Å². The highest BCUT2D eigenvalue weighted by Crippen LogP contribution is 2.14. The Kier molecular flexibility index (Phi) is 5.38. The lowest BCUT2D eigenvalue weighted by Gasteiger charge is -1.96. The Hall–Kier alpha value is -2.18. The van der Waals surface area contributed by atoms with Gasteiger partial charge in [0.25, 0.3) is 0 Å². The summed E-state index contributed by atoms with van der Waals surface area (Å²) in [4.78, 5) is 20.7. The van der Waals surface area contributed by atoms with E-state index in [1.54, 1.807) is 6.92 Å². The van der Waals surface area contributed by atoms with Crippen molar-refractivity contribution in [3.8, 4) is 0 Å². The van der Waals surface area contributed by atoms with Crippen LogP contribution in [0.3, 0.4) is 0 Å². The minimum atomic E-state index is -0.772. The molecule has 1 heterocycles. The van der Waals surface area contributed by atoms with Gasteiger partial charge in [-0.15, -0.1) is 13.2 Å². The van der Waals surface area contributed by atoms with Crippen LogP contribution in [0.4, 0.5) is 5.69 Å². The maximum atomic E-state index is 11.0.